The van der Waals surface area contributed by atoms with E-state index < -0.39 is 10.0 Å². The first-order valence-electron chi connectivity index (χ1n) is 8.03. The van der Waals surface area contributed by atoms with Crippen LogP contribution < -0.4 is 14.8 Å². The smallest absolute Gasteiger partial charge is 0.251 e. The second-order valence-electron chi connectivity index (χ2n) is 5.88. The number of ether oxygens (including phenoxy) is 2. The van der Waals surface area contributed by atoms with Crippen LogP contribution in [-0.2, 0) is 10.0 Å². The molecule has 7 nitrogen and oxygen atoms in total. The van der Waals surface area contributed by atoms with Gasteiger partial charge in [-0.15, -0.1) is 0 Å². The third-order valence-corrected chi connectivity index (χ3v) is 5.34. The molecule has 1 N–H and O–H groups in total. The lowest BCUT2D eigenvalue weighted by Crippen LogP contribution is -2.46. The molecule has 0 radical (unpaired) electrons. The second-order valence-corrected chi connectivity index (χ2v) is 7.86. The van der Waals surface area contributed by atoms with Crippen molar-refractivity contribution < 1.29 is 22.7 Å². The second kappa shape index (κ2) is 8.35. The van der Waals surface area contributed by atoms with Crippen LogP contribution in [-0.4, -0.2) is 57.7 Å². The van der Waals surface area contributed by atoms with Crippen molar-refractivity contribution in [3.8, 4) is 11.5 Å². The highest BCUT2D eigenvalue weighted by Crippen LogP contribution is 2.28. The van der Waals surface area contributed by atoms with Crippen molar-refractivity contribution >= 4 is 15.9 Å². The van der Waals surface area contributed by atoms with Gasteiger partial charge in [0, 0.05) is 24.7 Å². The van der Waals surface area contributed by atoms with Crippen LogP contribution in [0.3, 0.4) is 0 Å². The van der Waals surface area contributed by atoms with Crippen molar-refractivity contribution in [1.29, 1.82) is 0 Å². The molecule has 25 heavy (non-hydrogen) atoms. The Morgan fingerprint density at radius 2 is 2.04 bits per heavy atom. The van der Waals surface area contributed by atoms with E-state index in [0.717, 1.165) is 0 Å². The average molecular weight is 368 g/mol. The van der Waals surface area contributed by atoms with Crippen LogP contribution in [0.2, 0.25) is 0 Å². The molecule has 8 heteroatoms. The lowest BCUT2D eigenvalue weighted by molar-refractivity contribution is 0.0923. The number of hydrogen-bond acceptors (Lipinski definition) is 5. The first-order valence-corrected chi connectivity index (χ1v) is 9.87. The number of nitrogens with one attached hydrogen (secondary N) is 1. The molecule has 1 aromatic rings. The fourth-order valence-electron chi connectivity index (χ4n) is 2.68. The number of rotatable bonds is 7. The fraction of sp³-hybridized carbons (Fsp3) is 0.471. The highest BCUT2D eigenvalue weighted by atomic mass is 32.2. The SMILES string of the molecule is C=CCOc1ccc(C(=O)NC2CCN(S(C)(=O)=O)CC2)cc1OC. The van der Waals surface area contributed by atoms with Crippen LogP contribution in [0.4, 0.5) is 0 Å². The molecule has 1 aliphatic rings. The highest BCUT2D eigenvalue weighted by Gasteiger charge is 2.26. The van der Waals surface area contributed by atoms with Crippen LogP contribution in [0.1, 0.15) is 23.2 Å². The van der Waals surface area contributed by atoms with Crippen molar-refractivity contribution in [3.63, 3.8) is 0 Å². The van der Waals surface area contributed by atoms with Gasteiger partial charge in [0.25, 0.3) is 5.91 Å². The Kier molecular flexibility index (Phi) is 6.44. The van der Waals surface area contributed by atoms with E-state index in [0.29, 0.717) is 49.6 Å². The Labute approximate surface area is 148 Å². The molecule has 0 aromatic heterocycles. The topological polar surface area (TPSA) is 84.9 Å². The largest absolute Gasteiger partial charge is 0.493 e. The summed E-state index contributed by atoms with van der Waals surface area (Å²) in [4.78, 5) is 12.4. The molecule has 0 saturated carbocycles. The average Bonchev–Trinajstić information content (AvgIpc) is 2.59. The van der Waals surface area contributed by atoms with Crippen molar-refractivity contribution in [2.75, 3.05) is 33.1 Å². The van der Waals surface area contributed by atoms with Crippen molar-refractivity contribution in [2.24, 2.45) is 0 Å². The van der Waals surface area contributed by atoms with Gasteiger partial charge in [-0.05, 0) is 31.0 Å². The monoisotopic (exact) mass is 368 g/mol. The lowest BCUT2D eigenvalue weighted by atomic mass is 10.1. The molecule has 1 fully saturated rings. The van der Waals surface area contributed by atoms with Crippen LogP contribution in [0.15, 0.2) is 30.9 Å². The summed E-state index contributed by atoms with van der Waals surface area (Å²) in [5.74, 6) is 0.799. The fourth-order valence-corrected chi connectivity index (χ4v) is 3.55. The Hall–Kier alpha value is -2.06. The first kappa shape index (κ1) is 19.3. The number of methoxy groups -OCH3 is 1. The summed E-state index contributed by atoms with van der Waals surface area (Å²) in [6.07, 6.45) is 4.02. The van der Waals surface area contributed by atoms with E-state index in [1.807, 2.05) is 0 Å². The number of benzene rings is 1. The van der Waals surface area contributed by atoms with Gasteiger partial charge in [-0.25, -0.2) is 12.7 Å². The van der Waals surface area contributed by atoms with Crippen LogP contribution in [0, 0.1) is 0 Å². The minimum absolute atomic E-state index is 0.0480. The number of piperidine rings is 1. The quantitative estimate of drug-likeness (QED) is 0.736. The van der Waals surface area contributed by atoms with Gasteiger partial charge >= 0.3 is 0 Å². The van der Waals surface area contributed by atoms with E-state index >= 15 is 0 Å². The zero-order chi connectivity index (χ0) is 18.4. The van der Waals surface area contributed by atoms with Crippen molar-refractivity contribution in [3.05, 3.63) is 36.4 Å². The van der Waals surface area contributed by atoms with Crippen molar-refractivity contribution in [1.82, 2.24) is 9.62 Å². The Bertz CT molecular complexity index is 725. The van der Waals surface area contributed by atoms with Crippen LogP contribution >= 0.6 is 0 Å². The Morgan fingerprint density at radius 1 is 1.36 bits per heavy atom. The lowest BCUT2D eigenvalue weighted by Gasteiger charge is -2.30. The molecule has 0 bridgehead atoms. The third kappa shape index (κ3) is 5.20. The van der Waals surface area contributed by atoms with Crippen LogP contribution in [0.25, 0.3) is 0 Å². The molecule has 1 amide bonds. The van der Waals surface area contributed by atoms with Gasteiger partial charge in [-0.1, -0.05) is 12.7 Å². The summed E-state index contributed by atoms with van der Waals surface area (Å²) in [7, 11) is -1.66. The molecule has 2 rings (SSSR count). The number of hydrogen-bond donors (Lipinski definition) is 1. The molecule has 1 aliphatic heterocycles. The number of carbonyl (C=O) groups excluding carboxylic acids is 1. The number of carbonyl (C=O) groups is 1. The van der Waals surface area contributed by atoms with E-state index in [-0.39, 0.29) is 11.9 Å². The summed E-state index contributed by atoms with van der Waals surface area (Å²) in [5.41, 5.74) is 0.466. The highest BCUT2D eigenvalue weighted by molar-refractivity contribution is 7.88. The molecule has 0 atom stereocenters. The van der Waals surface area contributed by atoms with Gasteiger partial charge in [0.05, 0.1) is 13.4 Å². The number of nitrogens with zero attached hydrogens (tertiary/aromatic N) is 1. The summed E-state index contributed by atoms with van der Waals surface area (Å²) in [6.45, 7) is 4.78. The molecule has 0 unspecified atom stereocenters. The summed E-state index contributed by atoms with van der Waals surface area (Å²) in [6, 6.07) is 4.93. The molecule has 138 valence electrons. The maximum atomic E-state index is 12.4. The minimum atomic E-state index is -3.17. The van der Waals surface area contributed by atoms with E-state index in [1.165, 1.54) is 17.7 Å². The van der Waals surface area contributed by atoms with E-state index in [2.05, 4.69) is 11.9 Å². The Balaban J connectivity index is 1.98. The molecule has 0 spiro atoms. The maximum absolute atomic E-state index is 12.4. The van der Waals surface area contributed by atoms with Crippen molar-refractivity contribution in [2.45, 2.75) is 18.9 Å². The van der Waals surface area contributed by atoms with Gasteiger partial charge in [0.15, 0.2) is 11.5 Å². The maximum Gasteiger partial charge on any atom is 0.251 e. The zero-order valence-electron chi connectivity index (χ0n) is 14.5. The van der Waals surface area contributed by atoms with Gasteiger partial charge in [0.1, 0.15) is 6.61 Å². The normalized spacial score (nSPS) is 16.2. The first-order chi connectivity index (χ1) is 11.8. The predicted octanol–water partition coefficient (Wildman–Crippen LogP) is 1.41. The van der Waals surface area contributed by atoms with Gasteiger partial charge in [-0.3, -0.25) is 4.79 Å². The van der Waals surface area contributed by atoms with E-state index in [4.69, 9.17) is 9.47 Å². The molecule has 0 aliphatic carbocycles. The summed E-state index contributed by atoms with van der Waals surface area (Å²) in [5, 5.41) is 2.95. The van der Waals surface area contributed by atoms with Gasteiger partial charge in [0.2, 0.25) is 10.0 Å². The Morgan fingerprint density at radius 3 is 2.60 bits per heavy atom. The van der Waals surface area contributed by atoms with E-state index in [1.54, 1.807) is 24.3 Å². The summed E-state index contributed by atoms with van der Waals surface area (Å²) < 4.78 is 35.2. The molecule has 1 heterocycles. The van der Waals surface area contributed by atoms with Gasteiger partial charge < -0.3 is 14.8 Å². The minimum Gasteiger partial charge on any atom is -0.493 e. The number of amides is 1. The van der Waals surface area contributed by atoms with Gasteiger partial charge in [-0.2, -0.15) is 0 Å². The standard InChI is InChI=1S/C17H24N2O5S/c1-4-11-24-15-6-5-13(12-16(15)23-2)17(20)18-14-7-9-19(10-8-14)25(3,21)22/h4-6,12,14H,1,7-11H2,2-3H3,(H,18,20). The zero-order valence-corrected chi connectivity index (χ0v) is 15.3. The molecular weight excluding hydrogens is 344 g/mol. The summed E-state index contributed by atoms with van der Waals surface area (Å²) >= 11 is 0. The molecule has 1 saturated heterocycles. The van der Waals surface area contributed by atoms with Crippen LogP contribution in [0.5, 0.6) is 11.5 Å². The van der Waals surface area contributed by atoms with E-state index in [9.17, 15) is 13.2 Å². The molecule has 1 aromatic carbocycles. The number of sulfonamides is 1. The third-order valence-electron chi connectivity index (χ3n) is 4.04. The predicted molar refractivity (Wildman–Crippen MR) is 95.6 cm³/mol. The molecular formula is C17H24N2O5S.